The van der Waals surface area contributed by atoms with Crippen molar-refractivity contribution >= 4 is 33.9 Å². The normalized spacial score (nSPS) is 15.0. The zero-order valence-electron chi connectivity index (χ0n) is 23.8. The summed E-state index contributed by atoms with van der Waals surface area (Å²) in [6.07, 6.45) is -0.722. The van der Waals surface area contributed by atoms with Crippen LogP contribution in [-0.4, -0.2) is 45.0 Å². The number of methoxy groups -OCH3 is 1. The van der Waals surface area contributed by atoms with E-state index < -0.39 is 24.0 Å². The molecule has 220 valence electrons. The summed E-state index contributed by atoms with van der Waals surface area (Å²) in [5.74, 6) is -0.611. The van der Waals surface area contributed by atoms with Crippen molar-refractivity contribution in [2.45, 2.75) is 58.5 Å². The fourth-order valence-electron chi connectivity index (χ4n) is 4.88. The standard InChI is InChI=1S/C29H30ClF3N8O/c1-15-18(6-7-21(31)37-15)24(25-26(42-5)41(40-39-25)29(8-9-29)27(32)33)38-17-10-19-22(36-14-28(2,3)4)16(12-34)13-35-23(19)20(30)11-17/h6-7,10-11,13,24,27,38H,8-9,14H2,1-5H3,(H,35,36)/t24-/m0/s1. The molecule has 13 heteroatoms. The number of anilines is 2. The predicted molar refractivity (Wildman–Crippen MR) is 154 cm³/mol. The van der Waals surface area contributed by atoms with Crippen molar-refractivity contribution in [1.29, 1.82) is 5.26 Å². The number of nitriles is 1. The quantitative estimate of drug-likeness (QED) is 0.207. The number of benzene rings is 1. The Hall–Kier alpha value is -4.11. The Kier molecular flexibility index (Phi) is 7.66. The molecule has 0 spiro atoms. The summed E-state index contributed by atoms with van der Waals surface area (Å²) in [6, 6.07) is 7.54. The average Bonchev–Trinajstić information content (AvgIpc) is 3.63. The molecule has 0 bridgehead atoms. The maximum Gasteiger partial charge on any atom is 0.263 e. The zero-order valence-corrected chi connectivity index (χ0v) is 24.5. The molecule has 1 aliphatic carbocycles. The predicted octanol–water partition coefficient (Wildman–Crippen LogP) is 6.62. The van der Waals surface area contributed by atoms with E-state index in [2.05, 4.69) is 57.8 Å². The number of aryl methyl sites for hydroxylation is 1. The third-order valence-corrected chi connectivity index (χ3v) is 7.55. The van der Waals surface area contributed by atoms with Crippen LogP contribution < -0.4 is 15.4 Å². The molecule has 3 heterocycles. The number of hydrogen-bond donors (Lipinski definition) is 2. The molecule has 3 aromatic heterocycles. The molecule has 9 nitrogen and oxygen atoms in total. The number of fused-ring (bicyclic) bond motifs is 1. The van der Waals surface area contributed by atoms with Gasteiger partial charge in [-0.15, -0.1) is 5.10 Å². The molecular weight excluding hydrogens is 569 g/mol. The SMILES string of the molecule is COc1c([C@@H](Nc2cc(Cl)c3ncc(C#N)c(NCC(C)(C)C)c3c2)c2ccc(F)nc2C)nnn1C1(C(F)F)CC1. The summed E-state index contributed by atoms with van der Waals surface area (Å²) in [4.78, 5) is 8.37. The summed E-state index contributed by atoms with van der Waals surface area (Å²) in [5, 5.41) is 25.8. The van der Waals surface area contributed by atoms with Crippen molar-refractivity contribution in [3.63, 3.8) is 0 Å². The Balaban J connectivity index is 1.66. The second kappa shape index (κ2) is 10.9. The minimum absolute atomic E-state index is 0.0573. The van der Waals surface area contributed by atoms with Gasteiger partial charge in [0, 0.05) is 35.1 Å². The topological polar surface area (TPSA) is 114 Å². The summed E-state index contributed by atoms with van der Waals surface area (Å²) in [7, 11) is 1.36. The third-order valence-electron chi connectivity index (χ3n) is 7.27. The molecular formula is C29H30ClF3N8O. The minimum Gasteiger partial charge on any atom is -0.480 e. The Bertz CT molecular complexity index is 1690. The van der Waals surface area contributed by atoms with Crippen LogP contribution in [0.15, 0.2) is 30.5 Å². The van der Waals surface area contributed by atoms with Gasteiger partial charge in [0.2, 0.25) is 11.8 Å². The molecule has 2 N–H and O–H groups in total. The van der Waals surface area contributed by atoms with Gasteiger partial charge < -0.3 is 15.4 Å². The molecule has 1 atom stereocenters. The molecule has 0 aliphatic heterocycles. The lowest BCUT2D eigenvalue weighted by Gasteiger charge is -2.23. The second-order valence-corrected chi connectivity index (χ2v) is 12.0. The van der Waals surface area contributed by atoms with E-state index in [1.807, 2.05) is 0 Å². The van der Waals surface area contributed by atoms with Crippen LogP contribution in [0.25, 0.3) is 10.9 Å². The lowest BCUT2D eigenvalue weighted by Crippen LogP contribution is -2.27. The number of alkyl halides is 2. The molecule has 0 saturated heterocycles. The Morgan fingerprint density at radius 1 is 1.24 bits per heavy atom. The van der Waals surface area contributed by atoms with Crippen molar-refractivity contribution in [3.8, 4) is 11.9 Å². The lowest BCUT2D eigenvalue weighted by molar-refractivity contribution is 0.0545. The van der Waals surface area contributed by atoms with E-state index in [1.165, 1.54) is 19.4 Å². The lowest BCUT2D eigenvalue weighted by atomic mass is 9.96. The van der Waals surface area contributed by atoms with Gasteiger partial charge in [-0.25, -0.2) is 18.4 Å². The molecule has 0 unspecified atom stereocenters. The first-order valence-corrected chi connectivity index (χ1v) is 13.7. The first kappa shape index (κ1) is 29.4. The molecule has 1 aliphatic rings. The molecule has 42 heavy (non-hydrogen) atoms. The van der Waals surface area contributed by atoms with E-state index in [1.54, 1.807) is 25.1 Å². The number of hydrogen-bond acceptors (Lipinski definition) is 8. The van der Waals surface area contributed by atoms with Crippen molar-refractivity contribution < 1.29 is 17.9 Å². The number of pyridine rings is 2. The van der Waals surface area contributed by atoms with Gasteiger partial charge in [-0.3, -0.25) is 4.98 Å². The van der Waals surface area contributed by atoms with Crippen molar-refractivity contribution in [1.82, 2.24) is 25.0 Å². The highest BCUT2D eigenvalue weighted by Crippen LogP contribution is 2.51. The molecule has 0 amide bonds. The summed E-state index contributed by atoms with van der Waals surface area (Å²) in [6.45, 7) is 8.42. The number of halogens is 4. The first-order chi connectivity index (χ1) is 19.9. The number of rotatable bonds is 9. The van der Waals surface area contributed by atoms with E-state index in [4.69, 9.17) is 16.3 Å². The van der Waals surface area contributed by atoms with Gasteiger partial charge in [-0.05, 0) is 43.4 Å². The molecule has 0 radical (unpaired) electrons. The van der Waals surface area contributed by atoms with Crippen LogP contribution in [0.3, 0.4) is 0 Å². The van der Waals surface area contributed by atoms with Crippen LogP contribution in [0.1, 0.15) is 62.2 Å². The van der Waals surface area contributed by atoms with Gasteiger partial charge in [-0.1, -0.05) is 43.7 Å². The fourth-order valence-corrected chi connectivity index (χ4v) is 5.15. The molecule has 1 aromatic carbocycles. The van der Waals surface area contributed by atoms with Crippen molar-refractivity contribution in [3.05, 3.63) is 63.9 Å². The van der Waals surface area contributed by atoms with E-state index in [-0.39, 0.29) is 29.8 Å². The summed E-state index contributed by atoms with van der Waals surface area (Å²) in [5.41, 5.74) is 1.44. The van der Waals surface area contributed by atoms with Crippen molar-refractivity contribution in [2.75, 3.05) is 24.3 Å². The summed E-state index contributed by atoms with van der Waals surface area (Å²) >= 11 is 6.70. The first-order valence-electron chi connectivity index (χ1n) is 13.3. The smallest absolute Gasteiger partial charge is 0.263 e. The van der Waals surface area contributed by atoms with E-state index >= 15 is 0 Å². The molecule has 4 aromatic rings. The summed E-state index contributed by atoms with van der Waals surface area (Å²) < 4.78 is 48.8. The highest BCUT2D eigenvalue weighted by atomic mass is 35.5. The monoisotopic (exact) mass is 598 g/mol. The largest absolute Gasteiger partial charge is 0.480 e. The highest BCUT2D eigenvalue weighted by molar-refractivity contribution is 6.35. The highest BCUT2D eigenvalue weighted by Gasteiger charge is 2.56. The van der Waals surface area contributed by atoms with Crippen LogP contribution in [0, 0.1) is 29.6 Å². The Labute approximate surface area is 246 Å². The second-order valence-electron chi connectivity index (χ2n) is 11.6. The number of nitrogens with one attached hydrogen (secondary N) is 2. The van der Waals surface area contributed by atoms with E-state index in [0.29, 0.717) is 50.7 Å². The molecule has 5 rings (SSSR count). The van der Waals surface area contributed by atoms with Gasteiger partial charge in [0.25, 0.3) is 6.43 Å². The van der Waals surface area contributed by atoms with Crippen LogP contribution >= 0.6 is 11.6 Å². The van der Waals surface area contributed by atoms with Gasteiger partial charge in [0.1, 0.15) is 17.6 Å². The van der Waals surface area contributed by atoms with Gasteiger partial charge >= 0.3 is 0 Å². The maximum atomic E-state index is 14.0. The molecule has 1 saturated carbocycles. The van der Waals surface area contributed by atoms with Crippen molar-refractivity contribution in [2.24, 2.45) is 5.41 Å². The maximum absolute atomic E-state index is 14.0. The van der Waals surface area contributed by atoms with Gasteiger partial charge in [-0.2, -0.15) is 9.65 Å². The fraction of sp³-hybridized carbons (Fsp3) is 0.414. The Morgan fingerprint density at radius 2 is 1.98 bits per heavy atom. The Morgan fingerprint density at radius 3 is 2.57 bits per heavy atom. The van der Waals surface area contributed by atoms with Gasteiger partial charge in [0.15, 0.2) is 5.69 Å². The minimum atomic E-state index is -2.67. The van der Waals surface area contributed by atoms with E-state index in [0.717, 1.165) is 4.68 Å². The number of aromatic nitrogens is 5. The number of nitrogens with zero attached hydrogens (tertiary/aromatic N) is 6. The number of ether oxygens (including phenoxy) is 1. The van der Waals surface area contributed by atoms with Gasteiger partial charge in [0.05, 0.1) is 28.9 Å². The van der Waals surface area contributed by atoms with Crippen LogP contribution in [0.4, 0.5) is 24.5 Å². The molecule has 1 fully saturated rings. The van der Waals surface area contributed by atoms with E-state index in [9.17, 15) is 18.4 Å². The third kappa shape index (κ3) is 5.41. The average molecular weight is 599 g/mol. The van der Waals surface area contributed by atoms with Crippen LogP contribution in [0.2, 0.25) is 5.02 Å². The zero-order chi connectivity index (χ0) is 30.4. The van der Waals surface area contributed by atoms with Crippen LogP contribution in [-0.2, 0) is 5.54 Å². The van der Waals surface area contributed by atoms with Crippen LogP contribution in [0.5, 0.6) is 5.88 Å².